The Morgan fingerprint density at radius 2 is 2.12 bits per heavy atom. The van der Waals surface area contributed by atoms with Crippen LogP contribution in [-0.4, -0.2) is 10.9 Å². The number of benzene rings is 1. The number of aromatic nitrogens is 1. The van der Waals surface area contributed by atoms with Crippen molar-refractivity contribution < 1.29 is 4.79 Å². The number of halogens is 2. The average molecular weight is 270 g/mol. The zero-order valence-electron chi connectivity index (χ0n) is 8.63. The minimum atomic E-state index is -0.328. The molecule has 2 aromatic rings. The van der Waals surface area contributed by atoms with Crippen molar-refractivity contribution in [2.45, 2.75) is 0 Å². The van der Waals surface area contributed by atoms with Crippen molar-refractivity contribution in [1.82, 2.24) is 4.98 Å². The zero-order chi connectivity index (χ0) is 12.4. The number of hydrogen-bond donors (Lipinski definition) is 3. The first-order chi connectivity index (χ1) is 8.08. The van der Waals surface area contributed by atoms with Crippen molar-refractivity contribution in [1.29, 1.82) is 0 Å². The minimum absolute atomic E-state index is 0.307. The first-order valence-corrected chi connectivity index (χ1v) is 5.53. The fourth-order valence-electron chi connectivity index (χ4n) is 1.33. The first kappa shape index (κ1) is 11.8. The molecule has 2 rings (SSSR count). The Labute approximate surface area is 108 Å². The van der Waals surface area contributed by atoms with Crippen LogP contribution in [0.25, 0.3) is 0 Å². The van der Waals surface area contributed by atoms with Crippen LogP contribution in [0.4, 0.5) is 11.4 Å². The predicted molar refractivity (Wildman–Crippen MR) is 69.6 cm³/mol. The van der Waals surface area contributed by atoms with Gasteiger partial charge < -0.3 is 16.0 Å². The molecule has 0 saturated carbocycles. The van der Waals surface area contributed by atoms with E-state index in [9.17, 15) is 4.79 Å². The summed E-state index contributed by atoms with van der Waals surface area (Å²) in [5, 5.41) is 3.33. The molecule has 1 amide bonds. The van der Waals surface area contributed by atoms with E-state index >= 15 is 0 Å². The number of aromatic amines is 1. The molecule has 0 aliphatic carbocycles. The molecule has 0 spiro atoms. The van der Waals surface area contributed by atoms with Gasteiger partial charge in [0.05, 0.1) is 15.7 Å². The summed E-state index contributed by atoms with van der Waals surface area (Å²) in [6.45, 7) is 0. The van der Waals surface area contributed by atoms with Crippen molar-refractivity contribution in [3.05, 3.63) is 46.2 Å². The Morgan fingerprint density at radius 1 is 1.35 bits per heavy atom. The average Bonchev–Trinajstić information content (AvgIpc) is 2.72. The predicted octanol–water partition coefficient (Wildman–Crippen LogP) is 3.16. The van der Waals surface area contributed by atoms with Crippen molar-refractivity contribution >= 4 is 40.5 Å². The Hall–Kier alpha value is -1.65. The minimum Gasteiger partial charge on any atom is -0.397 e. The SMILES string of the molecule is Nc1c[nH]c(C(=O)Nc2cccc(Cl)c2Cl)c1. The Kier molecular flexibility index (Phi) is 3.26. The summed E-state index contributed by atoms with van der Waals surface area (Å²) in [4.78, 5) is 14.5. The van der Waals surface area contributed by atoms with Crippen molar-refractivity contribution in [2.75, 3.05) is 11.1 Å². The molecule has 88 valence electrons. The summed E-state index contributed by atoms with van der Waals surface area (Å²) < 4.78 is 0. The summed E-state index contributed by atoms with van der Waals surface area (Å²) in [6, 6.07) is 6.55. The van der Waals surface area contributed by atoms with Gasteiger partial charge in [-0.3, -0.25) is 4.79 Å². The molecule has 0 atom stereocenters. The lowest BCUT2D eigenvalue weighted by molar-refractivity contribution is 0.102. The van der Waals surface area contributed by atoms with Gasteiger partial charge in [0.15, 0.2) is 0 Å². The van der Waals surface area contributed by atoms with Crippen molar-refractivity contribution in [3.8, 4) is 0 Å². The largest absolute Gasteiger partial charge is 0.397 e. The Balaban J connectivity index is 2.21. The molecule has 1 aromatic carbocycles. The lowest BCUT2D eigenvalue weighted by Gasteiger charge is -2.06. The lowest BCUT2D eigenvalue weighted by atomic mass is 10.3. The van der Waals surface area contributed by atoms with Gasteiger partial charge in [-0.1, -0.05) is 29.3 Å². The second-order valence-electron chi connectivity index (χ2n) is 3.40. The van der Waals surface area contributed by atoms with E-state index in [-0.39, 0.29) is 5.91 Å². The second-order valence-corrected chi connectivity index (χ2v) is 4.19. The number of carbonyl (C=O) groups is 1. The number of amides is 1. The molecule has 1 aromatic heterocycles. The third-order valence-electron chi connectivity index (χ3n) is 2.15. The molecule has 4 N–H and O–H groups in total. The summed E-state index contributed by atoms with van der Waals surface area (Å²) in [5.74, 6) is -0.328. The molecule has 17 heavy (non-hydrogen) atoms. The van der Waals surface area contributed by atoms with Crippen LogP contribution >= 0.6 is 23.2 Å². The zero-order valence-corrected chi connectivity index (χ0v) is 10.1. The van der Waals surface area contributed by atoms with Gasteiger partial charge in [0.1, 0.15) is 5.69 Å². The van der Waals surface area contributed by atoms with E-state index < -0.39 is 0 Å². The van der Waals surface area contributed by atoms with Crippen molar-refractivity contribution in [2.24, 2.45) is 0 Å². The summed E-state index contributed by atoms with van der Waals surface area (Å²) in [5.41, 5.74) is 6.81. The molecule has 0 unspecified atom stereocenters. The van der Waals surface area contributed by atoms with E-state index in [4.69, 9.17) is 28.9 Å². The molecule has 0 bridgehead atoms. The van der Waals surface area contributed by atoms with E-state index in [2.05, 4.69) is 10.3 Å². The Morgan fingerprint density at radius 3 is 2.76 bits per heavy atom. The summed E-state index contributed by atoms with van der Waals surface area (Å²) in [6.07, 6.45) is 1.54. The Bertz CT molecular complexity index is 566. The van der Waals surface area contributed by atoms with Crippen LogP contribution in [0.5, 0.6) is 0 Å². The van der Waals surface area contributed by atoms with E-state index in [0.29, 0.717) is 27.1 Å². The fraction of sp³-hybridized carbons (Fsp3) is 0. The van der Waals surface area contributed by atoms with Gasteiger partial charge >= 0.3 is 0 Å². The second kappa shape index (κ2) is 4.69. The first-order valence-electron chi connectivity index (χ1n) is 4.77. The third-order valence-corrected chi connectivity index (χ3v) is 2.97. The van der Waals surface area contributed by atoms with Crippen LogP contribution in [0.3, 0.4) is 0 Å². The van der Waals surface area contributed by atoms with Gasteiger partial charge in [0.25, 0.3) is 5.91 Å². The summed E-state index contributed by atoms with van der Waals surface area (Å²) in [7, 11) is 0. The van der Waals surface area contributed by atoms with E-state index in [1.165, 1.54) is 12.3 Å². The number of nitrogens with two attached hydrogens (primary N) is 1. The maximum Gasteiger partial charge on any atom is 0.272 e. The number of H-pyrrole nitrogens is 1. The molecule has 0 fully saturated rings. The number of carbonyl (C=O) groups excluding carboxylic acids is 1. The number of anilines is 2. The number of nitrogen functional groups attached to an aromatic ring is 1. The maximum atomic E-state index is 11.8. The molecular formula is C11H9Cl2N3O. The standard InChI is InChI=1S/C11H9Cl2N3O/c12-7-2-1-3-8(10(7)13)16-11(17)9-4-6(14)5-15-9/h1-5,15H,14H2,(H,16,17). The monoisotopic (exact) mass is 269 g/mol. The molecule has 4 nitrogen and oxygen atoms in total. The van der Waals surface area contributed by atoms with E-state index in [0.717, 1.165) is 0 Å². The van der Waals surface area contributed by atoms with Gasteiger partial charge in [-0.25, -0.2) is 0 Å². The highest BCUT2D eigenvalue weighted by Gasteiger charge is 2.11. The topological polar surface area (TPSA) is 70.9 Å². The van der Waals surface area contributed by atoms with Gasteiger partial charge in [0.2, 0.25) is 0 Å². The third kappa shape index (κ3) is 2.54. The maximum absolute atomic E-state index is 11.8. The highest BCUT2D eigenvalue weighted by Crippen LogP contribution is 2.29. The van der Waals surface area contributed by atoms with Crippen LogP contribution in [0, 0.1) is 0 Å². The van der Waals surface area contributed by atoms with Gasteiger partial charge in [0, 0.05) is 11.9 Å². The highest BCUT2D eigenvalue weighted by atomic mass is 35.5. The quantitative estimate of drug-likeness (QED) is 0.784. The molecule has 6 heteroatoms. The molecule has 0 aliphatic rings. The van der Waals surface area contributed by atoms with E-state index in [1.54, 1.807) is 18.2 Å². The lowest BCUT2D eigenvalue weighted by Crippen LogP contribution is -2.12. The number of nitrogens with one attached hydrogen (secondary N) is 2. The van der Waals surface area contributed by atoms with Crippen LogP contribution < -0.4 is 11.1 Å². The summed E-state index contributed by atoms with van der Waals surface area (Å²) >= 11 is 11.8. The van der Waals surface area contributed by atoms with Crippen LogP contribution in [0.2, 0.25) is 10.0 Å². The van der Waals surface area contributed by atoms with Crippen molar-refractivity contribution in [3.63, 3.8) is 0 Å². The molecule has 0 aliphatic heterocycles. The molecule has 0 radical (unpaired) electrons. The van der Waals surface area contributed by atoms with Gasteiger partial charge in [-0.2, -0.15) is 0 Å². The van der Waals surface area contributed by atoms with Gasteiger partial charge in [-0.05, 0) is 18.2 Å². The van der Waals surface area contributed by atoms with Crippen LogP contribution in [-0.2, 0) is 0 Å². The number of hydrogen-bond acceptors (Lipinski definition) is 2. The van der Waals surface area contributed by atoms with E-state index in [1.807, 2.05) is 0 Å². The van der Waals surface area contributed by atoms with Gasteiger partial charge in [-0.15, -0.1) is 0 Å². The normalized spacial score (nSPS) is 10.2. The molecule has 1 heterocycles. The fourth-order valence-corrected chi connectivity index (χ4v) is 1.68. The van der Waals surface area contributed by atoms with Crippen LogP contribution in [0.15, 0.2) is 30.5 Å². The highest BCUT2D eigenvalue weighted by molar-refractivity contribution is 6.44. The number of rotatable bonds is 2. The van der Waals surface area contributed by atoms with Crippen LogP contribution in [0.1, 0.15) is 10.5 Å². The molecule has 0 saturated heterocycles. The smallest absolute Gasteiger partial charge is 0.272 e. The molecular weight excluding hydrogens is 261 g/mol.